The zero-order valence-corrected chi connectivity index (χ0v) is 11.3. The van der Waals surface area contributed by atoms with E-state index in [4.69, 9.17) is 4.74 Å². The number of hydrogen-bond acceptors (Lipinski definition) is 1. The zero-order valence-electron chi connectivity index (χ0n) is 11.3. The van der Waals surface area contributed by atoms with Gasteiger partial charge in [-0.25, -0.2) is 0 Å². The van der Waals surface area contributed by atoms with Crippen LogP contribution in [0.2, 0.25) is 0 Å². The summed E-state index contributed by atoms with van der Waals surface area (Å²) < 4.78 is 5.42. The fourth-order valence-electron chi connectivity index (χ4n) is 2.26. The summed E-state index contributed by atoms with van der Waals surface area (Å²) in [6.07, 6.45) is 0. The summed E-state index contributed by atoms with van der Waals surface area (Å²) in [6, 6.07) is 8.87. The molecule has 0 heterocycles. The first-order valence-corrected chi connectivity index (χ1v) is 6.12. The molecule has 2 aliphatic rings. The van der Waals surface area contributed by atoms with Gasteiger partial charge < -0.3 is 4.74 Å². The van der Waals surface area contributed by atoms with Crippen LogP contribution in [0.5, 0.6) is 5.75 Å². The maximum Gasteiger partial charge on any atom is 0.123 e. The van der Waals surface area contributed by atoms with E-state index in [1.807, 2.05) is 0 Å². The Bertz CT molecular complexity index is 512. The number of aryl methyl sites for hydroxylation is 1. The van der Waals surface area contributed by atoms with Crippen molar-refractivity contribution in [2.45, 2.75) is 33.6 Å². The standard InChI is InChI=1S/C16H20O/c1-10(2)13-7-6-11(3)14-9-16(17-5)12(4)15(14)8-13/h6-10H,1-5H3. The molecule has 0 amide bonds. The third kappa shape index (κ3) is 2.02. The fourth-order valence-corrected chi connectivity index (χ4v) is 2.26. The van der Waals surface area contributed by atoms with Crippen molar-refractivity contribution in [3.63, 3.8) is 0 Å². The molecule has 17 heavy (non-hydrogen) atoms. The van der Waals surface area contributed by atoms with Crippen LogP contribution in [0.15, 0.2) is 24.3 Å². The van der Waals surface area contributed by atoms with Crippen LogP contribution in [0.4, 0.5) is 0 Å². The van der Waals surface area contributed by atoms with Crippen molar-refractivity contribution in [2.24, 2.45) is 0 Å². The van der Waals surface area contributed by atoms with Crippen LogP contribution in [0.3, 0.4) is 0 Å². The van der Waals surface area contributed by atoms with Crippen molar-refractivity contribution in [1.29, 1.82) is 0 Å². The van der Waals surface area contributed by atoms with E-state index in [1.165, 1.54) is 27.8 Å². The first-order valence-electron chi connectivity index (χ1n) is 6.12. The lowest BCUT2D eigenvalue weighted by Crippen LogP contribution is -1.84. The molecule has 0 saturated heterocycles. The predicted molar refractivity (Wildman–Crippen MR) is 73.2 cm³/mol. The average Bonchev–Trinajstić information content (AvgIpc) is 2.50. The Balaban J connectivity index is 2.74. The van der Waals surface area contributed by atoms with Gasteiger partial charge in [-0.15, -0.1) is 0 Å². The SMILES string of the molecule is COc1cc2c(C)ccc(C(C)C)cc-2c1C. The minimum absolute atomic E-state index is 0.547. The normalized spacial score (nSPS) is 11.2. The van der Waals surface area contributed by atoms with Gasteiger partial charge in [0.05, 0.1) is 7.11 Å². The lowest BCUT2D eigenvalue weighted by molar-refractivity contribution is 0.413. The Kier molecular flexibility index (Phi) is 3.10. The van der Waals surface area contributed by atoms with E-state index >= 15 is 0 Å². The summed E-state index contributed by atoms with van der Waals surface area (Å²) in [6.45, 7) is 8.74. The summed E-state index contributed by atoms with van der Waals surface area (Å²) in [5.74, 6) is 1.54. The summed E-state index contributed by atoms with van der Waals surface area (Å²) >= 11 is 0. The van der Waals surface area contributed by atoms with E-state index in [0.717, 1.165) is 5.75 Å². The van der Waals surface area contributed by atoms with Gasteiger partial charge in [-0.2, -0.15) is 0 Å². The predicted octanol–water partition coefficient (Wildman–Crippen LogP) is 4.54. The van der Waals surface area contributed by atoms with Crippen molar-refractivity contribution in [3.05, 3.63) is 41.0 Å². The van der Waals surface area contributed by atoms with Crippen molar-refractivity contribution in [1.82, 2.24) is 0 Å². The number of hydrogen-bond donors (Lipinski definition) is 0. The third-order valence-electron chi connectivity index (χ3n) is 3.49. The Morgan fingerprint density at radius 3 is 2.29 bits per heavy atom. The van der Waals surface area contributed by atoms with Gasteiger partial charge in [0.1, 0.15) is 5.75 Å². The molecule has 0 aromatic rings. The molecule has 0 N–H and O–H groups in total. The number of ether oxygens (including phenoxy) is 1. The molecule has 0 aromatic heterocycles. The zero-order chi connectivity index (χ0) is 12.6. The molecule has 0 radical (unpaired) electrons. The molecule has 1 heteroatoms. The highest BCUT2D eigenvalue weighted by atomic mass is 16.5. The number of methoxy groups -OCH3 is 1. The smallest absolute Gasteiger partial charge is 0.123 e. The van der Waals surface area contributed by atoms with Crippen LogP contribution in [0.25, 0.3) is 11.1 Å². The van der Waals surface area contributed by atoms with Gasteiger partial charge in [-0.3, -0.25) is 0 Å². The number of fused-ring (bicyclic) bond motifs is 1. The van der Waals surface area contributed by atoms with Crippen molar-refractivity contribution in [2.75, 3.05) is 7.11 Å². The summed E-state index contributed by atoms with van der Waals surface area (Å²) in [4.78, 5) is 0. The maximum atomic E-state index is 5.42. The van der Waals surface area contributed by atoms with Gasteiger partial charge in [-0.1, -0.05) is 32.0 Å². The molecule has 90 valence electrons. The highest BCUT2D eigenvalue weighted by Gasteiger charge is 2.15. The second-order valence-electron chi connectivity index (χ2n) is 4.98. The van der Waals surface area contributed by atoms with Crippen molar-refractivity contribution in [3.8, 4) is 16.9 Å². The van der Waals surface area contributed by atoms with Crippen LogP contribution in [0, 0.1) is 13.8 Å². The highest BCUT2D eigenvalue weighted by Crippen LogP contribution is 2.38. The van der Waals surface area contributed by atoms with Crippen LogP contribution >= 0.6 is 0 Å². The molecule has 0 spiro atoms. The molecule has 0 atom stereocenters. The fraction of sp³-hybridized carbons (Fsp3) is 0.375. The van der Waals surface area contributed by atoms with E-state index < -0.39 is 0 Å². The first kappa shape index (κ1) is 12.0. The molecule has 0 bridgehead atoms. The van der Waals surface area contributed by atoms with Gasteiger partial charge >= 0.3 is 0 Å². The van der Waals surface area contributed by atoms with Gasteiger partial charge in [-0.05, 0) is 53.6 Å². The molecular weight excluding hydrogens is 208 g/mol. The van der Waals surface area contributed by atoms with Crippen molar-refractivity contribution >= 4 is 0 Å². The largest absolute Gasteiger partial charge is 0.496 e. The van der Waals surface area contributed by atoms with E-state index in [-0.39, 0.29) is 0 Å². The Hall–Kier alpha value is -1.50. The Labute approximate surface area is 104 Å². The third-order valence-corrected chi connectivity index (χ3v) is 3.49. The lowest BCUT2D eigenvalue weighted by atomic mass is 10.0. The van der Waals surface area contributed by atoms with E-state index in [2.05, 4.69) is 52.0 Å². The Morgan fingerprint density at radius 1 is 1.00 bits per heavy atom. The van der Waals surface area contributed by atoms with E-state index in [1.54, 1.807) is 7.11 Å². The maximum absolute atomic E-state index is 5.42. The van der Waals surface area contributed by atoms with Crippen LogP contribution in [-0.2, 0) is 0 Å². The van der Waals surface area contributed by atoms with Crippen LogP contribution < -0.4 is 4.74 Å². The second kappa shape index (κ2) is 4.40. The van der Waals surface area contributed by atoms with Crippen LogP contribution in [-0.4, -0.2) is 7.11 Å². The minimum Gasteiger partial charge on any atom is -0.496 e. The molecule has 0 unspecified atom stereocenters. The first-order chi connectivity index (χ1) is 8.04. The monoisotopic (exact) mass is 228 g/mol. The van der Waals surface area contributed by atoms with Crippen LogP contribution in [0.1, 0.15) is 36.5 Å². The molecule has 2 aliphatic carbocycles. The van der Waals surface area contributed by atoms with Crippen molar-refractivity contribution < 1.29 is 4.74 Å². The van der Waals surface area contributed by atoms with E-state index in [9.17, 15) is 0 Å². The van der Waals surface area contributed by atoms with Gasteiger partial charge in [0.15, 0.2) is 0 Å². The lowest BCUT2D eigenvalue weighted by Gasteiger charge is -2.03. The topological polar surface area (TPSA) is 9.23 Å². The molecule has 1 nitrogen and oxygen atoms in total. The molecular formula is C16H20O. The minimum atomic E-state index is 0.547. The number of rotatable bonds is 2. The summed E-state index contributed by atoms with van der Waals surface area (Å²) in [7, 11) is 1.74. The quantitative estimate of drug-likeness (QED) is 0.733. The molecule has 0 aliphatic heterocycles. The summed E-state index contributed by atoms with van der Waals surface area (Å²) in [5.41, 5.74) is 6.53. The molecule has 0 aromatic carbocycles. The second-order valence-corrected chi connectivity index (χ2v) is 4.98. The Morgan fingerprint density at radius 2 is 1.71 bits per heavy atom. The van der Waals surface area contributed by atoms with Gasteiger partial charge in [0, 0.05) is 0 Å². The average molecular weight is 228 g/mol. The molecule has 0 saturated carbocycles. The highest BCUT2D eigenvalue weighted by molar-refractivity contribution is 5.78. The van der Waals surface area contributed by atoms with Gasteiger partial charge in [0.25, 0.3) is 0 Å². The van der Waals surface area contributed by atoms with E-state index in [0.29, 0.717) is 5.92 Å². The molecule has 0 fully saturated rings. The summed E-state index contributed by atoms with van der Waals surface area (Å²) in [5, 5.41) is 0. The molecule has 2 rings (SSSR count). The van der Waals surface area contributed by atoms with Gasteiger partial charge in [0.2, 0.25) is 0 Å².